The van der Waals surface area contributed by atoms with Crippen LogP contribution in [0.2, 0.25) is 5.02 Å². The minimum atomic E-state index is -0.101. The highest BCUT2D eigenvalue weighted by Crippen LogP contribution is 2.19. The van der Waals surface area contributed by atoms with E-state index in [-0.39, 0.29) is 5.91 Å². The van der Waals surface area contributed by atoms with Crippen molar-refractivity contribution in [1.29, 1.82) is 0 Å². The van der Waals surface area contributed by atoms with Crippen LogP contribution < -0.4 is 5.32 Å². The minimum Gasteiger partial charge on any atom is -0.352 e. The molecule has 1 N–H and O–H groups in total. The van der Waals surface area contributed by atoms with Crippen molar-refractivity contribution in [3.8, 4) is 0 Å². The SMILES string of the molecule is CC(CBr)CNC(=O)c1cc(Cl)cc(Br)c1. The average molecular weight is 369 g/mol. The zero-order valence-corrected chi connectivity index (χ0v) is 12.7. The van der Waals surface area contributed by atoms with Crippen molar-refractivity contribution in [3.63, 3.8) is 0 Å². The van der Waals surface area contributed by atoms with Gasteiger partial charge in [0.05, 0.1) is 0 Å². The highest BCUT2D eigenvalue weighted by molar-refractivity contribution is 9.10. The topological polar surface area (TPSA) is 29.1 Å². The second kappa shape index (κ2) is 6.62. The maximum Gasteiger partial charge on any atom is 0.251 e. The van der Waals surface area contributed by atoms with Crippen molar-refractivity contribution in [2.75, 3.05) is 11.9 Å². The van der Waals surface area contributed by atoms with Gasteiger partial charge in [-0.1, -0.05) is 50.4 Å². The van der Waals surface area contributed by atoms with Crippen molar-refractivity contribution >= 4 is 49.4 Å². The number of alkyl halides is 1. The molecule has 1 atom stereocenters. The van der Waals surface area contributed by atoms with Crippen LogP contribution in [0.3, 0.4) is 0 Å². The Labute approximate surface area is 117 Å². The van der Waals surface area contributed by atoms with E-state index in [9.17, 15) is 4.79 Å². The molecule has 5 heteroatoms. The first-order valence-electron chi connectivity index (χ1n) is 4.83. The van der Waals surface area contributed by atoms with Crippen LogP contribution in [-0.4, -0.2) is 17.8 Å². The molecule has 0 aliphatic heterocycles. The summed E-state index contributed by atoms with van der Waals surface area (Å²) in [7, 11) is 0. The standard InChI is InChI=1S/C11H12Br2ClNO/c1-7(5-12)6-15-11(16)8-2-9(13)4-10(14)3-8/h2-4,7H,5-6H2,1H3,(H,15,16). The van der Waals surface area contributed by atoms with E-state index in [4.69, 9.17) is 11.6 Å². The van der Waals surface area contributed by atoms with Crippen LogP contribution in [0.5, 0.6) is 0 Å². The number of carbonyl (C=O) groups excluding carboxylic acids is 1. The van der Waals surface area contributed by atoms with Gasteiger partial charge in [0.2, 0.25) is 0 Å². The zero-order valence-electron chi connectivity index (χ0n) is 8.77. The van der Waals surface area contributed by atoms with Gasteiger partial charge in [0, 0.05) is 26.9 Å². The summed E-state index contributed by atoms with van der Waals surface area (Å²) in [5.74, 6) is 0.308. The fourth-order valence-electron chi connectivity index (χ4n) is 1.11. The summed E-state index contributed by atoms with van der Waals surface area (Å²) < 4.78 is 0.804. The molecule has 16 heavy (non-hydrogen) atoms. The number of hydrogen-bond acceptors (Lipinski definition) is 1. The van der Waals surface area contributed by atoms with Crippen LogP contribution in [0.4, 0.5) is 0 Å². The Morgan fingerprint density at radius 2 is 2.19 bits per heavy atom. The summed E-state index contributed by atoms with van der Waals surface area (Å²) in [4.78, 5) is 11.8. The van der Waals surface area contributed by atoms with Crippen LogP contribution in [0.1, 0.15) is 17.3 Å². The van der Waals surface area contributed by atoms with Gasteiger partial charge in [-0.25, -0.2) is 0 Å². The summed E-state index contributed by atoms with van der Waals surface area (Å²) in [5, 5.41) is 4.27. The van der Waals surface area contributed by atoms with E-state index in [0.717, 1.165) is 9.80 Å². The van der Waals surface area contributed by atoms with Gasteiger partial charge in [0.15, 0.2) is 0 Å². The lowest BCUT2D eigenvalue weighted by molar-refractivity contribution is 0.0949. The van der Waals surface area contributed by atoms with E-state index in [1.807, 2.05) is 0 Å². The van der Waals surface area contributed by atoms with E-state index in [1.165, 1.54) is 0 Å². The number of carbonyl (C=O) groups is 1. The molecule has 0 aliphatic rings. The zero-order chi connectivity index (χ0) is 12.1. The quantitative estimate of drug-likeness (QED) is 0.802. The molecular weight excluding hydrogens is 357 g/mol. The molecular formula is C11H12Br2ClNO. The predicted octanol–water partition coefficient (Wildman–Crippen LogP) is 3.86. The van der Waals surface area contributed by atoms with E-state index in [0.29, 0.717) is 23.0 Å². The minimum absolute atomic E-state index is 0.101. The van der Waals surface area contributed by atoms with Gasteiger partial charge in [0.25, 0.3) is 5.91 Å². The van der Waals surface area contributed by atoms with Gasteiger partial charge in [-0.2, -0.15) is 0 Å². The van der Waals surface area contributed by atoms with E-state index >= 15 is 0 Å². The molecule has 0 aromatic heterocycles. The van der Waals surface area contributed by atoms with Crippen molar-refractivity contribution in [1.82, 2.24) is 5.32 Å². The first-order chi connectivity index (χ1) is 7.52. The van der Waals surface area contributed by atoms with Gasteiger partial charge in [-0.15, -0.1) is 0 Å². The van der Waals surface area contributed by atoms with Gasteiger partial charge >= 0.3 is 0 Å². The van der Waals surface area contributed by atoms with Gasteiger partial charge in [0.1, 0.15) is 0 Å². The summed E-state index contributed by atoms with van der Waals surface area (Å²) in [5.41, 5.74) is 0.571. The first kappa shape index (κ1) is 14.0. The Morgan fingerprint density at radius 1 is 1.50 bits per heavy atom. The van der Waals surface area contributed by atoms with E-state index in [2.05, 4.69) is 44.1 Å². The molecule has 0 bridgehead atoms. The number of benzene rings is 1. The molecule has 1 aromatic carbocycles. The highest BCUT2D eigenvalue weighted by atomic mass is 79.9. The Kier molecular flexibility index (Phi) is 5.79. The normalized spacial score (nSPS) is 12.2. The predicted molar refractivity (Wildman–Crippen MR) is 74.4 cm³/mol. The summed E-state index contributed by atoms with van der Waals surface area (Å²) in [6, 6.07) is 5.15. The molecule has 1 amide bonds. The fourth-order valence-corrected chi connectivity index (χ4v) is 2.20. The number of nitrogens with one attached hydrogen (secondary N) is 1. The van der Waals surface area contributed by atoms with E-state index in [1.54, 1.807) is 18.2 Å². The number of amides is 1. The van der Waals surface area contributed by atoms with Crippen LogP contribution in [-0.2, 0) is 0 Å². The second-order valence-corrected chi connectivity index (χ2v) is 5.63. The van der Waals surface area contributed by atoms with E-state index < -0.39 is 0 Å². The summed E-state index contributed by atoms with van der Waals surface area (Å²) in [6.45, 7) is 2.71. The Balaban J connectivity index is 2.66. The van der Waals surface area contributed by atoms with Gasteiger partial charge in [-0.05, 0) is 24.1 Å². The van der Waals surface area contributed by atoms with Crippen molar-refractivity contribution in [2.24, 2.45) is 5.92 Å². The maximum atomic E-state index is 11.8. The molecule has 0 saturated heterocycles. The smallest absolute Gasteiger partial charge is 0.251 e. The number of halogens is 3. The number of hydrogen-bond donors (Lipinski definition) is 1. The lowest BCUT2D eigenvalue weighted by Crippen LogP contribution is -2.28. The lowest BCUT2D eigenvalue weighted by atomic mass is 10.2. The summed E-state index contributed by atoms with van der Waals surface area (Å²) >= 11 is 12.5. The molecule has 0 saturated carbocycles. The van der Waals surface area contributed by atoms with Crippen LogP contribution in [0, 0.1) is 5.92 Å². The molecule has 0 radical (unpaired) electrons. The molecule has 0 spiro atoms. The molecule has 1 unspecified atom stereocenters. The van der Waals surface area contributed by atoms with Crippen molar-refractivity contribution < 1.29 is 4.79 Å². The van der Waals surface area contributed by atoms with Gasteiger partial charge < -0.3 is 5.32 Å². The molecule has 2 nitrogen and oxygen atoms in total. The third kappa shape index (κ3) is 4.44. The molecule has 0 fully saturated rings. The first-order valence-corrected chi connectivity index (χ1v) is 7.12. The van der Waals surface area contributed by atoms with Crippen LogP contribution in [0.25, 0.3) is 0 Å². The van der Waals surface area contributed by atoms with Crippen molar-refractivity contribution in [2.45, 2.75) is 6.92 Å². The van der Waals surface area contributed by atoms with Crippen LogP contribution in [0.15, 0.2) is 22.7 Å². The molecule has 0 aliphatic carbocycles. The monoisotopic (exact) mass is 367 g/mol. The highest BCUT2D eigenvalue weighted by Gasteiger charge is 2.08. The molecule has 88 valence electrons. The Hall–Kier alpha value is -0.0600. The Bertz CT molecular complexity index is 364. The average Bonchev–Trinajstić information content (AvgIpc) is 2.23. The second-order valence-electron chi connectivity index (χ2n) is 3.63. The maximum absolute atomic E-state index is 11.8. The Morgan fingerprint density at radius 3 is 2.75 bits per heavy atom. The molecule has 0 heterocycles. The third-order valence-electron chi connectivity index (χ3n) is 2.00. The lowest BCUT2D eigenvalue weighted by Gasteiger charge is -2.09. The van der Waals surface area contributed by atoms with Crippen LogP contribution >= 0.6 is 43.5 Å². The molecule has 1 rings (SSSR count). The number of rotatable bonds is 4. The largest absolute Gasteiger partial charge is 0.352 e. The summed E-state index contributed by atoms with van der Waals surface area (Å²) in [6.07, 6.45) is 0. The van der Waals surface area contributed by atoms with Gasteiger partial charge in [-0.3, -0.25) is 4.79 Å². The van der Waals surface area contributed by atoms with Crippen molar-refractivity contribution in [3.05, 3.63) is 33.3 Å². The fraction of sp³-hybridized carbons (Fsp3) is 0.364. The third-order valence-corrected chi connectivity index (χ3v) is 3.78. The molecule has 1 aromatic rings.